The normalized spacial score (nSPS) is 19.7. The molecule has 1 aliphatic rings. The summed E-state index contributed by atoms with van der Waals surface area (Å²) in [7, 11) is 1.20. The van der Waals surface area contributed by atoms with E-state index in [1.165, 1.54) is 0 Å². The molecule has 0 N–H and O–H groups in total. The van der Waals surface area contributed by atoms with Gasteiger partial charge in [0, 0.05) is 11.2 Å². The molecule has 1 aliphatic heterocycles. The Balaban J connectivity index is 2.22. The molecule has 1 aromatic heterocycles. The van der Waals surface area contributed by atoms with Crippen LogP contribution in [0.3, 0.4) is 0 Å². The van der Waals surface area contributed by atoms with Gasteiger partial charge in [0.15, 0.2) is 0 Å². The summed E-state index contributed by atoms with van der Waals surface area (Å²) < 4.78 is 17.6. The number of pyridine rings is 1. The zero-order valence-electron chi connectivity index (χ0n) is 14.9. The van der Waals surface area contributed by atoms with Crippen LogP contribution in [0.1, 0.15) is 53.7 Å². The van der Waals surface area contributed by atoms with Gasteiger partial charge in [0.1, 0.15) is 0 Å². The van der Waals surface area contributed by atoms with Gasteiger partial charge in [-0.3, -0.25) is 0 Å². The maximum atomic E-state index is 6.09. The molecule has 1 saturated heterocycles. The van der Waals surface area contributed by atoms with E-state index in [1.807, 2.05) is 39.8 Å². The number of hydrogen-bond acceptors (Lipinski definition) is 4. The number of hydrogen-bond donors (Lipinski definition) is 0. The van der Waals surface area contributed by atoms with E-state index in [1.54, 1.807) is 7.11 Å². The summed E-state index contributed by atoms with van der Waals surface area (Å²) in [6.45, 7) is 12.6. The van der Waals surface area contributed by atoms with Crippen molar-refractivity contribution in [1.29, 1.82) is 0 Å². The number of aryl methyl sites for hydroxylation is 1. The van der Waals surface area contributed by atoms with Gasteiger partial charge in [0.05, 0.1) is 18.3 Å². The molecule has 4 nitrogen and oxygen atoms in total. The highest BCUT2D eigenvalue weighted by molar-refractivity contribution is 6.63. The quantitative estimate of drug-likeness (QED) is 0.784. The van der Waals surface area contributed by atoms with Crippen molar-refractivity contribution in [3.05, 3.63) is 17.8 Å². The van der Waals surface area contributed by atoms with E-state index in [0.717, 1.165) is 24.0 Å². The maximum absolute atomic E-state index is 6.09. The Morgan fingerprint density at radius 2 is 1.73 bits per heavy atom. The van der Waals surface area contributed by atoms with Crippen LogP contribution in [0, 0.1) is 5.92 Å². The van der Waals surface area contributed by atoms with E-state index in [9.17, 15) is 0 Å². The lowest BCUT2D eigenvalue weighted by Gasteiger charge is -2.32. The van der Waals surface area contributed by atoms with Crippen LogP contribution in [0.4, 0.5) is 0 Å². The van der Waals surface area contributed by atoms with Crippen LogP contribution in [-0.2, 0) is 15.7 Å². The first kappa shape index (κ1) is 17.3. The van der Waals surface area contributed by atoms with Crippen LogP contribution < -0.4 is 10.2 Å². The number of aromatic nitrogens is 1. The van der Waals surface area contributed by atoms with E-state index in [0.29, 0.717) is 11.8 Å². The summed E-state index contributed by atoms with van der Waals surface area (Å²) >= 11 is 0. The van der Waals surface area contributed by atoms with Crippen LogP contribution >= 0.6 is 0 Å². The largest absolute Gasteiger partial charge is 0.500 e. The smallest absolute Gasteiger partial charge is 0.481 e. The Morgan fingerprint density at radius 1 is 1.14 bits per heavy atom. The third-order valence-electron chi connectivity index (χ3n) is 4.63. The van der Waals surface area contributed by atoms with Crippen LogP contribution in [0.15, 0.2) is 12.1 Å². The molecule has 0 amide bonds. The summed E-state index contributed by atoms with van der Waals surface area (Å²) in [6, 6.07) is 4.06. The molecule has 2 heterocycles. The second-order valence-corrected chi connectivity index (χ2v) is 7.42. The molecule has 1 fully saturated rings. The summed E-state index contributed by atoms with van der Waals surface area (Å²) in [5.41, 5.74) is 1.18. The number of ether oxygens (including phenoxy) is 1. The molecule has 22 heavy (non-hydrogen) atoms. The number of nitrogens with zero attached hydrogens (tertiary/aromatic N) is 1. The third-order valence-corrected chi connectivity index (χ3v) is 4.63. The van der Waals surface area contributed by atoms with Crippen molar-refractivity contribution in [3.63, 3.8) is 0 Å². The first-order valence-corrected chi connectivity index (χ1v) is 8.06. The number of rotatable bonds is 5. The lowest BCUT2D eigenvalue weighted by molar-refractivity contribution is 0.00578. The van der Waals surface area contributed by atoms with Crippen molar-refractivity contribution >= 4 is 12.6 Å². The molecule has 0 aromatic carbocycles. The fourth-order valence-corrected chi connectivity index (χ4v) is 2.38. The molecule has 5 heteroatoms. The molecular formula is C17H28BNO3. The van der Waals surface area contributed by atoms with Crippen LogP contribution in [0.2, 0.25) is 0 Å². The summed E-state index contributed by atoms with van der Waals surface area (Å²) in [4.78, 5) is 4.62. The zero-order valence-corrected chi connectivity index (χ0v) is 14.9. The molecular weight excluding hydrogens is 277 g/mol. The fourth-order valence-electron chi connectivity index (χ4n) is 2.38. The van der Waals surface area contributed by atoms with E-state index in [2.05, 4.69) is 18.8 Å². The molecule has 0 unspecified atom stereocenters. The molecule has 2 rings (SSSR count). The number of methoxy groups -OCH3 is 1. The van der Waals surface area contributed by atoms with Gasteiger partial charge in [-0.05, 0) is 52.5 Å². The predicted molar refractivity (Wildman–Crippen MR) is 89.7 cm³/mol. The van der Waals surface area contributed by atoms with Gasteiger partial charge in [0.25, 0.3) is 0 Å². The lowest BCUT2D eigenvalue weighted by Crippen LogP contribution is -2.41. The minimum Gasteiger partial charge on any atom is -0.481 e. The lowest BCUT2D eigenvalue weighted by atomic mass is 9.79. The summed E-state index contributed by atoms with van der Waals surface area (Å²) in [5, 5.41) is 0. The van der Waals surface area contributed by atoms with E-state index in [-0.39, 0.29) is 11.2 Å². The average Bonchev–Trinajstić information content (AvgIpc) is 2.64. The first-order valence-electron chi connectivity index (χ1n) is 8.06. The highest BCUT2D eigenvalue weighted by Crippen LogP contribution is 2.37. The van der Waals surface area contributed by atoms with Crippen molar-refractivity contribution < 1.29 is 14.0 Å². The Hall–Kier alpha value is -1.07. The highest BCUT2D eigenvalue weighted by atomic mass is 16.7. The Labute approximate surface area is 134 Å². The topological polar surface area (TPSA) is 40.6 Å². The first-order chi connectivity index (χ1) is 10.2. The Morgan fingerprint density at radius 3 is 2.23 bits per heavy atom. The van der Waals surface area contributed by atoms with Gasteiger partial charge < -0.3 is 14.0 Å². The molecule has 0 saturated carbocycles. The monoisotopic (exact) mass is 305 g/mol. The summed E-state index contributed by atoms with van der Waals surface area (Å²) in [6.07, 6.45) is 2.07. The average molecular weight is 305 g/mol. The van der Waals surface area contributed by atoms with Crippen LogP contribution in [-0.4, -0.2) is 30.4 Å². The van der Waals surface area contributed by atoms with E-state index in [4.69, 9.17) is 14.0 Å². The Kier molecular flexibility index (Phi) is 4.88. The van der Waals surface area contributed by atoms with Gasteiger partial charge in [-0.2, -0.15) is 0 Å². The van der Waals surface area contributed by atoms with Crippen molar-refractivity contribution in [3.8, 4) is 5.88 Å². The van der Waals surface area contributed by atoms with Gasteiger partial charge in [-0.15, -0.1) is 0 Å². The van der Waals surface area contributed by atoms with Crippen LogP contribution in [0.5, 0.6) is 5.88 Å². The van der Waals surface area contributed by atoms with Crippen molar-refractivity contribution in [2.75, 3.05) is 7.11 Å². The predicted octanol–water partition coefficient (Wildman–Crippen LogP) is 2.98. The molecule has 0 atom stereocenters. The van der Waals surface area contributed by atoms with Gasteiger partial charge in [-0.1, -0.05) is 19.9 Å². The third kappa shape index (κ3) is 3.46. The molecule has 122 valence electrons. The highest BCUT2D eigenvalue weighted by Gasteiger charge is 2.52. The molecule has 0 radical (unpaired) electrons. The molecule has 0 bridgehead atoms. The van der Waals surface area contributed by atoms with E-state index < -0.39 is 7.12 Å². The fraction of sp³-hybridized carbons (Fsp3) is 0.706. The van der Waals surface area contributed by atoms with Crippen molar-refractivity contribution in [2.24, 2.45) is 5.92 Å². The summed E-state index contributed by atoms with van der Waals surface area (Å²) in [5.74, 6) is 1.26. The second-order valence-electron chi connectivity index (χ2n) is 7.42. The van der Waals surface area contributed by atoms with Crippen molar-refractivity contribution in [1.82, 2.24) is 4.98 Å². The molecule has 0 aliphatic carbocycles. The minimum absolute atomic E-state index is 0.362. The zero-order chi connectivity index (χ0) is 16.5. The minimum atomic E-state index is -0.438. The van der Waals surface area contributed by atoms with E-state index >= 15 is 0 Å². The van der Waals surface area contributed by atoms with Crippen LogP contribution in [0.25, 0.3) is 0 Å². The Bertz CT molecular complexity index is 513. The van der Waals surface area contributed by atoms with Crippen molar-refractivity contribution in [2.45, 2.75) is 65.6 Å². The molecule has 1 aromatic rings. The maximum Gasteiger partial charge on any atom is 0.500 e. The van der Waals surface area contributed by atoms with Gasteiger partial charge in [-0.25, -0.2) is 4.98 Å². The SMILES string of the molecule is COc1nc(CCC(C)C)ccc1B1OC(C)(C)C(C)(C)O1. The molecule has 0 spiro atoms. The van der Waals surface area contributed by atoms with Gasteiger partial charge in [0.2, 0.25) is 5.88 Å². The second kappa shape index (κ2) is 6.21. The standard InChI is InChI=1S/C17H28BNO3/c1-12(2)8-9-13-10-11-14(15(19-13)20-7)18-21-16(3,4)17(5,6)22-18/h10-12H,8-9H2,1-7H3. The van der Waals surface area contributed by atoms with Gasteiger partial charge >= 0.3 is 7.12 Å².